The lowest BCUT2D eigenvalue weighted by molar-refractivity contribution is -0.168. The van der Waals surface area contributed by atoms with Crippen LogP contribution in [0.2, 0.25) is 0 Å². The summed E-state index contributed by atoms with van der Waals surface area (Å²) < 4.78 is 13.5. The molecule has 1 saturated heterocycles. The van der Waals surface area contributed by atoms with Crippen molar-refractivity contribution in [3.8, 4) is 0 Å². The van der Waals surface area contributed by atoms with Crippen LogP contribution in [-0.4, -0.2) is 40.6 Å². The van der Waals surface area contributed by atoms with Gasteiger partial charge in [-0.15, -0.1) is 0 Å². The number of aromatic nitrogens is 2. The second-order valence-electron chi connectivity index (χ2n) is 6.28. The SMILES string of the molecule is Cn1ncc2c1CCC[C@@H]2NC(=O)[C@@H]1CO[C@@H]2C=CC=C[C@H]2O1. The second kappa shape index (κ2) is 5.94. The third-order valence-corrected chi connectivity index (χ3v) is 4.78. The highest BCUT2D eigenvalue weighted by Gasteiger charge is 2.35. The lowest BCUT2D eigenvalue weighted by Gasteiger charge is -2.35. The van der Waals surface area contributed by atoms with E-state index in [4.69, 9.17) is 9.47 Å². The van der Waals surface area contributed by atoms with Crippen LogP contribution in [0, 0.1) is 0 Å². The Morgan fingerprint density at radius 3 is 3.04 bits per heavy atom. The topological polar surface area (TPSA) is 65.4 Å². The minimum atomic E-state index is -0.561. The fraction of sp³-hybridized carbons (Fsp3) is 0.529. The van der Waals surface area contributed by atoms with E-state index in [9.17, 15) is 4.79 Å². The van der Waals surface area contributed by atoms with Crippen molar-refractivity contribution >= 4 is 5.91 Å². The predicted octanol–water partition coefficient (Wildman–Crippen LogP) is 1.19. The quantitative estimate of drug-likeness (QED) is 0.890. The maximum atomic E-state index is 12.6. The maximum absolute atomic E-state index is 12.6. The normalized spacial score (nSPS) is 32.2. The first kappa shape index (κ1) is 14.7. The summed E-state index contributed by atoms with van der Waals surface area (Å²) in [5, 5.41) is 7.43. The predicted molar refractivity (Wildman–Crippen MR) is 83.7 cm³/mol. The Morgan fingerprint density at radius 1 is 1.35 bits per heavy atom. The minimum Gasteiger partial charge on any atom is -0.368 e. The average Bonchev–Trinajstić information content (AvgIpc) is 2.97. The molecule has 6 heteroatoms. The number of carbonyl (C=O) groups excluding carboxylic acids is 1. The second-order valence-corrected chi connectivity index (χ2v) is 6.28. The number of carbonyl (C=O) groups is 1. The molecular weight excluding hydrogens is 294 g/mol. The molecule has 1 fully saturated rings. The van der Waals surface area contributed by atoms with Gasteiger partial charge in [0, 0.05) is 18.3 Å². The summed E-state index contributed by atoms with van der Waals surface area (Å²) in [4.78, 5) is 12.6. The molecule has 4 rings (SSSR count). The first-order valence-corrected chi connectivity index (χ1v) is 8.15. The molecule has 1 aliphatic heterocycles. The molecule has 2 heterocycles. The number of hydrogen-bond donors (Lipinski definition) is 1. The summed E-state index contributed by atoms with van der Waals surface area (Å²) in [6.07, 6.45) is 11.8. The van der Waals surface area contributed by atoms with Gasteiger partial charge >= 0.3 is 0 Å². The molecule has 0 saturated carbocycles. The van der Waals surface area contributed by atoms with Crippen LogP contribution in [0.25, 0.3) is 0 Å². The van der Waals surface area contributed by atoms with Crippen molar-refractivity contribution in [2.45, 2.75) is 43.6 Å². The Kier molecular flexibility index (Phi) is 3.79. The number of fused-ring (bicyclic) bond motifs is 2. The first-order chi connectivity index (χ1) is 11.2. The van der Waals surface area contributed by atoms with E-state index in [1.807, 2.05) is 42.2 Å². The Morgan fingerprint density at radius 2 is 2.17 bits per heavy atom. The largest absolute Gasteiger partial charge is 0.368 e. The molecule has 4 atom stereocenters. The summed E-state index contributed by atoms with van der Waals surface area (Å²) >= 11 is 0. The van der Waals surface area contributed by atoms with Gasteiger partial charge in [-0.2, -0.15) is 5.10 Å². The van der Waals surface area contributed by atoms with E-state index < -0.39 is 6.10 Å². The van der Waals surface area contributed by atoms with Crippen LogP contribution in [0.5, 0.6) is 0 Å². The molecule has 0 spiro atoms. The van der Waals surface area contributed by atoms with Crippen LogP contribution in [0.4, 0.5) is 0 Å². The molecule has 2 aliphatic carbocycles. The smallest absolute Gasteiger partial charge is 0.252 e. The molecule has 3 aliphatic rings. The van der Waals surface area contributed by atoms with Gasteiger partial charge in [0.2, 0.25) is 0 Å². The number of allylic oxidation sites excluding steroid dienone is 2. The highest BCUT2D eigenvalue weighted by Crippen LogP contribution is 2.29. The summed E-state index contributed by atoms with van der Waals surface area (Å²) in [7, 11) is 1.95. The van der Waals surface area contributed by atoms with Gasteiger partial charge < -0.3 is 14.8 Å². The monoisotopic (exact) mass is 315 g/mol. The number of nitrogens with zero attached hydrogens (tertiary/aromatic N) is 2. The van der Waals surface area contributed by atoms with Crippen molar-refractivity contribution in [2.75, 3.05) is 6.61 Å². The number of hydrogen-bond acceptors (Lipinski definition) is 4. The van der Waals surface area contributed by atoms with Gasteiger partial charge in [0.05, 0.1) is 18.8 Å². The molecule has 122 valence electrons. The molecule has 0 radical (unpaired) electrons. The molecule has 1 N–H and O–H groups in total. The molecule has 1 aromatic heterocycles. The average molecular weight is 315 g/mol. The minimum absolute atomic E-state index is 0.0167. The zero-order valence-electron chi connectivity index (χ0n) is 13.1. The third kappa shape index (κ3) is 2.72. The molecule has 6 nitrogen and oxygen atoms in total. The van der Waals surface area contributed by atoms with Crippen LogP contribution in [0.15, 0.2) is 30.5 Å². The molecule has 1 amide bonds. The molecule has 0 bridgehead atoms. The van der Waals surface area contributed by atoms with Crippen molar-refractivity contribution in [2.24, 2.45) is 7.05 Å². The van der Waals surface area contributed by atoms with Crippen molar-refractivity contribution in [1.82, 2.24) is 15.1 Å². The van der Waals surface area contributed by atoms with Gasteiger partial charge in [0.1, 0.15) is 12.2 Å². The summed E-state index contributed by atoms with van der Waals surface area (Å²) in [6, 6.07) is 0.0167. The van der Waals surface area contributed by atoms with Crippen molar-refractivity contribution in [1.29, 1.82) is 0 Å². The highest BCUT2D eigenvalue weighted by molar-refractivity contribution is 5.81. The third-order valence-electron chi connectivity index (χ3n) is 4.78. The zero-order valence-corrected chi connectivity index (χ0v) is 13.1. The molecule has 0 aromatic carbocycles. The number of ether oxygens (including phenoxy) is 2. The van der Waals surface area contributed by atoms with Crippen LogP contribution in [-0.2, 0) is 27.7 Å². The summed E-state index contributed by atoms with van der Waals surface area (Å²) in [5.74, 6) is -0.104. The van der Waals surface area contributed by atoms with Crippen LogP contribution in [0.1, 0.15) is 30.1 Å². The van der Waals surface area contributed by atoms with Gasteiger partial charge in [-0.3, -0.25) is 9.48 Å². The fourth-order valence-electron chi connectivity index (χ4n) is 3.53. The Bertz CT molecular complexity index is 664. The molecule has 0 unspecified atom stereocenters. The first-order valence-electron chi connectivity index (χ1n) is 8.15. The molecule has 1 aromatic rings. The zero-order chi connectivity index (χ0) is 15.8. The van der Waals surface area contributed by atoms with Crippen molar-refractivity contribution in [3.63, 3.8) is 0 Å². The van der Waals surface area contributed by atoms with Crippen LogP contribution in [0.3, 0.4) is 0 Å². The Labute approximate surface area is 135 Å². The van der Waals surface area contributed by atoms with Crippen LogP contribution >= 0.6 is 0 Å². The lowest BCUT2D eigenvalue weighted by atomic mass is 9.93. The number of rotatable bonds is 2. The van der Waals surface area contributed by atoms with Gasteiger partial charge in [-0.1, -0.05) is 24.3 Å². The van der Waals surface area contributed by atoms with E-state index in [0.29, 0.717) is 0 Å². The molecular formula is C17H21N3O3. The molecule has 23 heavy (non-hydrogen) atoms. The number of nitrogens with one attached hydrogen (secondary N) is 1. The number of amides is 1. The Balaban J connectivity index is 1.43. The number of aryl methyl sites for hydroxylation is 1. The fourth-order valence-corrected chi connectivity index (χ4v) is 3.53. The van der Waals surface area contributed by atoms with E-state index >= 15 is 0 Å². The van der Waals surface area contributed by atoms with E-state index in [1.165, 1.54) is 5.69 Å². The standard InChI is InChI=1S/C17H21N3O3/c1-20-13-6-4-5-12(11(13)9-18-20)19-17(21)16-10-22-14-7-2-3-8-15(14)23-16/h2-3,7-9,12,14-16H,4-6,10H2,1H3,(H,19,21)/t12-,14+,15+,16-/m0/s1. The van der Waals surface area contributed by atoms with Crippen molar-refractivity contribution in [3.05, 3.63) is 41.8 Å². The van der Waals surface area contributed by atoms with E-state index in [1.54, 1.807) is 0 Å². The Hall–Kier alpha value is -1.92. The highest BCUT2D eigenvalue weighted by atomic mass is 16.6. The van der Waals surface area contributed by atoms with E-state index in [2.05, 4.69) is 10.4 Å². The van der Waals surface area contributed by atoms with Gasteiger partial charge in [-0.25, -0.2) is 0 Å². The van der Waals surface area contributed by atoms with E-state index in [-0.39, 0.29) is 30.8 Å². The summed E-state index contributed by atoms with van der Waals surface area (Å²) in [5.41, 5.74) is 2.34. The maximum Gasteiger partial charge on any atom is 0.252 e. The van der Waals surface area contributed by atoms with Gasteiger partial charge in [0.15, 0.2) is 6.10 Å². The van der Waals surface area contributed by atoms with E-state index in [0.717, 1.165) is 24.8 Å². The van der Waals surface area contributed by atoms with Crippen molar-refractivity contribution < 1.29 is 14.3 Å². The van der Waals surface area contributed by atoms with Crippen LogP contribution < -0.4 is 5.32 Å². The van der Waals surface area contributed by atoms with Gasteiger partial charge in [-0.05, 0) is 19.3 Å². The lowest BCUT2D eigenvalue weighted by Crippen LogP contribution is -2.50. The van der Waals surface area contributed by atoms with Gasteiger partial charge in [0.25, 0.3) is 5.91 Å². The summed E-state index contributed by atoms with van der Waals surface area (Å²) in [6.45, 7) is 0.289.